The van der Waals surface area contributed by atoms with Crippen LogP contribution in [0.25, 0.3) is 11.0 Å². The Morgan fingerprint density at radius 1 is 1.35 bits per heavy atom. The quantitative estimate of drug-likeness (QED) is 0.620. The van der Waals surface area contributed by atoms with Crippen LogP contribution in [0, 0.1) is 17.5 Å². The third-order valence-electron chi connectivity index (χ3n) is 4.10. The van der Waals surface area contributed by atoms with Gasteiger partial charge in [-0.2, -0.15) is 0 Å². The summed E-state index contributed by atoms with van der Waals surface area (Å²) < 4.78 is 16.4. The van der Waals surface area contributed by atoms with Crippen LogP contribution >= 0.6 is 12.2 Å². The van der Waals surface area contributed by atoms with Crippen molar-refractivity contribution in [1.29, 1.82) is 0 Å². The zero-order chi connectivity index (χ0) is 14.1. The summed E-state index contributed by atoms with van der Waals surface area (Å²) in [4.78, 5) is 3.10. The van der Waals surface area contributed by atoms with Gasteiger partial charge in [-0.15, -0.1) is 0 Å². The van der Waals surface area contributed by atoms with Crippen molar-refractivity contribution in [3.63, 3.8) is 0 Å². The van der Waals surface area contributed by atoms with E-state index in [0.29, 0.717) is 10.3 Å². The Bertz CT molecular complexity index is 724. The number of imidazole rings is 1. The summed E-state index contributed by atoms with van der Waals surface area (Å²) in [6.07, 6.45) is 8.44. The Morgan fingerprint density at radius 3 is 2.95 bits per heavy atom. The van der Waals surface area contributed by atoms with Gasteiger partial charge in [0, 0.05) is 6.54 Å². The van der Waals surface area contributed by atoms with Gasteiger partial charge < -0.3 is 9.55 Å². The first-order valence-electron chi connectivity index (χ1n) is 7.22. The minimum absolute atomic E-state index is 0.184. The molecule has 2 aromatic rings. The third kappa shape index (κ3) is 2.57. The number of benzene rings is 1. The third-order valence-corrected chi connectivity index (χ3v) is 4.42. The molecule has 2 nitrogen and oxygen atoms in total. The van der Waals surface area contributed by atoms with Crippen molar-refractivity contribution in [3.8, 4) is 0 Å². The number of rotatable bonds is 3. The second kappa shape index (κ2) is 5.52. The molecule has 0 bridgehead atoms. The number of nitrogens with zero attached hydrogens (tertiary/aromatic N) is 1. The molecule has 1 heterocycles. The fourth-order valence-corrected chi connectivity index (χ4v) is 3.19. The summed E-state index contributed by atoms with van der Waals surface area (Å²) in [5.74, 6) is -0.184. The molecule has 0 aliphatic heterocycles. The van der Waals surface area contributed by atoms with Crippen molar-refractivity contribution >= 4 is 23.3 Å². The molecule has 4 heteroatoms. The van der Waals surface area contributed by atoms with E-state index in [1.54, 1.807) is 6.92 Å². The molecule has 1 aromatic carbocycles. The topological polar surface area (TPSA) is 20.7 Å². The number of hydrogen-bond acceptors (Lipinski definition) is 1. The highest BCUT2D eigenvalue weighted by Crippen LogP contribution is 2.23. The lowest BCUT2D eigenvalue weighted by molar-refractivity contribution is 0.618. The molecule has 0 amide bonds. The lowest BCUT2D eigenvalue weighted by Crippen LogP contribution is -2.01. The molecular weight excluding hydrogens is 271 g/mol. The van der Waals surface area contributed by atoms with Gasteiger partial charge in [0.1, 0.15) is 5.82 Å². The number of nitrogens with one attached hydrogen (secondary N) is 1. The van der Waals surface area contributed by atoms with E-state index < -0.39 is 0 Å². The fraction of sp³-hybridized carbons (Fsp3) is 0.438. The molecule has 1 aliphatic carbocycles. The van der Waals surface area contributed by atoms with Crippen molar-refractivity contribution in [1.82, 2.24) is 9.55 Å². The summed E-state index contributed by atoms with van der Waals surface area (Å²) >= 11 is 5.37. The Balaban J connectivity index is 1.90. The molecule has 106 valence electrons. The minimum Gasteiger partial charge on any atom is -0.330 e. The van der Waals surface area contributed by atoms with Crippen molar-refractivity contribution in [2.45, 2.75) is 45.6 Å². The molecular formula is C16H19FN2S. The normalized spacial score (nSPS) is 15.6. The van der Waals surface area contributed by atoms with Crippen LogP contribution in [0.3, 0.4) is 0 Å². The summed E-state index contributed by atoms with van der Waals surface area (Å²) in [5, 5.41) is 0. The summed E-state index contributed by atoms with van der Waals surface area (Å²) in [5.41, 5.74) is 3.99. The first kappa shape index (κ1) is 13.6. The SMILES string of the molecule is Cc1cc2c(cc1F)[nH]c(=S)n2CCC1=CCCCC1. The van der Waals surface area contributed by atoms with Crippen LogP contribution in [0.4, 0.5) is 4.39 Å². The number of aromatic nitrogens is 2. The van der Waals surface area contributed by atoms with Crippen LogP contribution < -0.4 is 0 Å². The molecule has 0 unspecified atom stereocenters. The highest BCUT2D eigenvalue weighted by atomic mass is 32.1. The Labute approximate surface area is 123 Å². The summed E-state index contributed by atoms with van der Waals surface area (Å²) in [6, 6.07) is 3.42. The lowest BCUT2D eigenvalue weighted by atomic mass is 9.97. The van der Waals surface area contributed by atoms with Gasteiger partial charge in [-0.3, -0.25) is 0 Å². The van der Waals surface area contributed by atoms with E-state index in [9.17, 15) is 4.39 Å². The van der Waals surface area contributed by atoms with Crippen LogP contribution in [0.5, 0.6) is 0 Å². The van der Waals surface area contributed by atoms with Crippen LogP contribution in [0.2, 0.25) is 0 Å². The highest BCUT2D eigenvalue weighted by molar-refractivity contribution is 7.71. The summed E-state index contributed by atoms with van der Waals surface area (Å²) in [6.45, 7) is 2.66. The predicted octanol–water partition coefficient (Wildman–Crippen LogP) is 5.04. The van der Waals surface area contributed by atoms with Crippen LogP contribution in [-0.2, 0) is 6.54 Å². The number of halogens is 1. The smallest absolute Gasteiger partial charge is 0.178 e. The zero-order valence-corrected chi connectivity index (χ0v) is 12.5. The Kier molecular flexibility index (Phi) is 3.74. The molecule has 1 N–H and O–H groups in total. The fourth-order valence-electron chi connectivity index (χ4n) is 2.89. The van der Waals surface area contributed by atoms with Crippen LogP contribution in [0.1, 0.15) is 37.7 Å². The largest absolute Gasteiger partial charge is 0.330 e. The number of fused-ring (bicyclic) bond motifs is 1. The monoisotopic (exact) mass is 290 g/mol. The minimum atomic E-state index is -0.184. The molecule has 0 spiro atoms. The van der Waals surface area contributed by atoms with Gasteiger partial charge in [0.25, 0.3) is 0 Å². The van der Waals surface area contributed by atoms with Crippen molar-refractivity contribution in [2.75, 3.05) is 0 Å². The number of allylic oxidation sites excluding steroid dienone is 2. The van der Waals surface area contributed by atoms with Gasteiger partial charge in [0.05, 0.1) is 11.0 Å². The number of aromatic amines is 1. The lowest BCUT2D eigenvalue weighted by Gasteiger charge is -2.13. The van der Waals surface area contributed by atoms with Gasteiger partial charge in [0.2, 0.25) is 0 Å². The molecule has 1 aromatic heterocycles. The Hall–Kier alpha value is -1.42. The van der Waals surface area contributed by atoms with E-state index in [1.165, 1.54) is 37.3 Å². The van der Waals surface area contributed by atoms with E-state index >= 15 is 0 Å². The molecule has 0 saturated carbocycles. The molecule has 0 fully saturated rings. The predicted molar refractivity (Wildman–Crippen MR) is 83.0 cm³/mol. The van der Waals surface area contributed by atoms with Crippen LogP contribution in [0.15, 0.2) is 23.8 Å². The van der Waals surface area contributed by atoms with Crippen LogP contribution in [-0.4, -0.2) is 9.55 Å². The van der Waals surface area contributed by atoms with E-state index in [-0.39, 0.29) is 5.82 Å². The maximum absolute atomic E-state index is 13.6. The number of hydrogen-bond donors (Lipinski definition) is 1. The van der Waals surface area contributed by atoms with E-state index in [4.69, 9.17) is 12.2 Å². The van der Waals surface area contributed by atoms with Gasteiger partial charge in [-0.05, 0) is 68.9 Å². The average Bonchev–Trinajstić information content (AvgIpc) is 2.73. The molecule has 20 heavy (non-hydrogen) atoms. The molecule has 1 aliphatic rings. The highest BCUT2D eigenvalue weighted by Gasteiger charge is 2.09. The summed E-state index contributed by atoms with van der Waals surface area (Å²) in [7, 11) is 0. The van der Waals surface area contributed by atoms with Crippen molar-refractivity contribution in [3.05, 3.63) is 39.9 Å². The second-order valence-electron chi connectivity index (χ2n) is 5.56. The molecule has 0 radical (unpaired) electrons. The molecule has 0 atom stereocenters. The maximum atomic E-state index is 13.6. The second-order valence-corrected chi connectivity index (χ2v) is 5.95. The van der Waals surface area contributed by atoms with Gasteiger partial charge >= 0.3 is 0 Å². The molecule has 3 rings (SSSR count). The van der Waals surface area contributed by atoms with E-state index in [1.807, 2.05) is 6.07 Å². The van der Waals surface area contributed by atoms with Gasteiger partial charge in [-0.25, -0.2) is 4.39 Å². The standard InChI is InChI=1S/C16H19FN2S/c1-11-9-15-14(10-13(11)17)18-16(20)19(15)8-7-12-5-3-2-4-6-12/h5,9-10H,2-4,6-8H2,1H3,(H,18,20). The van der Waals surface area contributed by atoms with Gasteiger partial charge in [0.15, 0.2) is 4.77 Å². The number of H-pyrrole nitrogens is 1. The van der Waals surface area contributed by atoms with E-state index in [0.717, 1.165) is 24.0 Å². The van der Waals surface area contributed by atoms with Crippen molar-refractivity contribution < 1.29 is 4.39 Å². The van der Waals surface area contributed by atoms with E-state index in [2.05, 4.69) is 15.6 Å². The van der Waals surface area contributed by atoms with Crippen molar-refractivity contribution in [2.24, 2.45) is 0 Å². The Morgan fingerprint density at radius 2 is 2.20 bits per heavy atom. The zero-order valence-electron chi connectivity index (χ0n) is 11.7. The molecule has 0 saturated heterocycles. The average molecular weight is 290 g/mol. The number of aryl methyl sites for hydroxylation is 2. The van der Waals surface area contributed by atoms with Gasteiger partial charge in [-0.1, -0.05) is 11.6 Å². The first-order valence-corrected chi connectivity index (χ1v) is 7.62. The maximum Gasteiger partial charge on any atom is 0.178 e. The first-order chi connectivity index (χ1) is 9.65.